The molecule has 0 radical (unpaired) electrons. The van der Waals surface area contributed by atoms with Gasteiger partial charge in [-0.25, -0.2) is 9.97 Å². The van der Waals surface area contributed by atoms with Crippen molar-refractivity contribution in [1.82, 2.24) is 23.8 Å². The third kappa shape index (κ3) is 2.35. The Balaban J connectivity index is 1.51. The zero-order valence-electron chi connectivity index (χ0n) is 16.9. The van der Waals surface area contributed by atoms with Crippen LogP contribution in [-0.4, -0.2) is 42.2 Å². The monoisotopic (exact) mass is 412 g/mol. The summed E-state index contributed by atoms with van der Waals surface area (Å²) in [6, 6.07) is 12.8. The van der Waals surface area contributed by atoms with E-state index < -0.39 is 11.5 Å². The molecule has 4 aromatic rings. The Labute approximate surface area is 178 Å². The number of aromatic nitrogens is 4. The van der Waals surface area contributed by atoms with Crippen LogP contribution in [0.5, 0.6) is 0 Å². The average Bonchev–Trinajstić information content (AvgIpc) is 3.54. The first-order valence-electron chi connectivity index (χ1n) is 10.2. The van der Waals surface area contributed by atoms with Crippen molar-refractivity contribution in [3.8, 4) is 0 Å². The molecule has 31 heavy (non-hydrogen) atoms. The molecule has 1 spiro atoms. The highest BCUT2D eigenvalue weighted by Crippen LogP contribution is 2.54. The predicted octanol–water partition coefficient (Wildman–Crippen LogP) is 2.55. The van der Waals surface area contributed by atoms with Crippen molar-refractivity contribution >= 4 is 23.1 Å². The van der Waals surface area contributed by atoms with Crippen LogP contribution in [0.1, 0.15) is 34.3 Å². The minimum Gasteiger partial charge on any atom is -0.336 e. The topological polar surface area (TPSA) is 84.5 Å². The lowest BCUT2D eigenvalue weighted by Crippen LogP contribution is -2.43. The Hall–Kier alpha value is -3.94. The number of imidazole rings is 2. The highest BCUT2D eigenvalue weighted by atomic mass is 16.2. The van der Waals surface area contributed by atoms with Crippen molar-refractivity contribution in [2.75, 3.05) is 11.9 Å². The van der Waals surface area contributed by atoms with Crippen molar-refractivity contribution in [2.24, 2.45) is 7.05 Å². The van der Waals surface area contributed by atoms with E-state index in [1.807, 2.05) is 70.9 Å². The van der Waals surface area contributed by atoms with Gasteiger partial charge in [-0.2, -0.15) is 0 Å². The smallest absolute Gasteiger partial charge is 0.274 e. The average molecular weight is 412 g/mol. The standard InChI is InChI=1S/C23H20N6O2/c1-27-13-10-24-20(27)19-23(15-6-2-3-7-16(15)26-22(23)31)9-12-29(19)21(30)17-14-28-11-5-4-8-18(28)25-17/h2-8,10-11,13-14,19H,9,12H2,1H3,(H,26,31)/t19-,23+/m0/s1. The minimum absolute atomic E-state index is 0.0907. The summed E-state index contributed by atoms with van der Waals surface area (Å²) >= 11 is 0. The number of nitrogens with one attached hydrogen (secondary N) is 1. The van der Waals surface area contributed by atoms with Crippen LogP contribution in [0, 0.1) is 0 Å². The number of amides is 2. The van der Waals surface area contributed by atoms with Crippen molar-refractivity contribution in [1.29, 1.82) is 0 Å². The molecule has 2 aliphatic heterocycles. The molecule has 8 heteroatoms. The number of aryl methyl sites for hydroxylation is 1. The van der Waals surface area contributed by atoms with Crippen LogP contribution >= 0.6 is 0 Å². The molecule has 0 saturated carbocycles. The van der Waals surface area contributed by atoms with E-state index in [4.69, 9.17) is 0 Å². The molecule has 1 saturated heterocycles. The Morgan fingerprint density at radius 2 is 2.00 bits per heavy atom. The molecule has 6 rings (SSSR count). The van der Waals surface area contributed by atoms with E-state index in [0.29, 0.717) is 30.1 Å². The van der Waals surface area contributed by atoms with Gasteiger partial charge in [-0.1, -0.05) is 24.3 Å². The molecule has 1 N–H and O–H groups in total. The second-order valence-electron chi connectivity index (χ2n) is 8.11. The van der Waals surface area contributed by atoms with E-state index in [1.54, 1.807) is 17.3 Å². The fourth-order valence-corrected chi connectivity index (χ4v) is 5.09. The third-order valence-electron chi connectivity index (χ3n) is 6.53. The number of anilines is 1. The lowest BCUT2D eigenvalue weighted by atomic mass is 9.74. The molecule has 2 amide bonds. The van der Waals surface area contributed by atoms with Gasteiger partial charge in [-0.05, 0) is 30.2 Å². The predicted molar refractivity (Wildman–Crippen MR) is 114 cm³/mol. The largest absolute Gasteiger partial charge is 0.336 e. The summed E-state index contributed by atoms with van der Waals surface area (Å²) in [6.07, 6.45) is 7.66. The van der Waals surface area contributed by atoms with Gasteiger partial charge < -0.3 is 19.2 Å². The Kier molecular flexibility index (Phi) is 3.62. The molecule has 3 aromatic heterocycles. The fourth-order valence-electron chi connectivity index (χ4n) is 5.09. The molecular formula is C23H20N6O2. The quantitative estimate of drug-likeness (QED) is 0.548. The number of benzene rings is 1. The van der Waals surface area contributed by atoms with Crippen molar-refractivity contribution in [2.45, 2.75) is 17.9 Å². The number of likely N-dealkylation sites (tertiary alicyclic amines) is 1. The van der Waals surface area contributed by atoms with Crippen LogP contribution in [0.3, 0.4) is 0 Å². The van der Waals surface area contributed by atoms with Crippen LogP contribution in [-0.2, 0) is 17.3 Å². The molecule has 1 aromatic carbocycles. The summed E-state index contributed by atoms with van der Waals surface area (Å²) in [6.45, 7) is 0.436. The molecule has 1 fully saturated rings. The van der Waals surface area contributed by atoms with Crippen LogP contribution in [0.2, 0.25) is 0 Å². The number of fused-ring (bicyclic) bond motifs is 3. The summed E-state index contributed by atoms with van der Waals surface area (Å²) < 4.78 is 3.71. The maximum absolute atomic E-state index is 13.7. The van der Waals surface area contributed by atoms with E-state index in [-0.39, 0.29) is 11.8 Å². The zero-order valence-corrected chi connectivity index (χ0v) is 16.9. The maximum atomic E-state index is 13.7. The van der Waals surface area contributed by atoms with Crippen LogP contribution < -0.4 is 5.32 Å². The van der Waals surface area contributed by atoms with Gasteiger partial charge in [0.2, 0.25) is 5.91 Å². The van der Waals surface area contributed by atoms with Crippen LogP contribution in [0.4, 0.5) is 5.69 Å². The lowest BCUT2D eigenvalue weighted by molar-refractivity contribution is -0.121. The maximum Gasteiger partial charge on any atom is 0.274 e. The number of pyridine rings is 1. The first-order valence-corrected chi connectivity index (χ1v) is 10.2. The third-order valence-corrected chi connectivity index (χ3v) is 6.53. The zero-order chi connectivity index (χ0) is 21.2. The second kappa shape index (κ2) is 6.28. The number of hydrogen-bond donors (Lipinski definition) is 1. The molecule has 0 bridgehead atoms. The molecule has 154 valence electrons. The van der Waals surface area contributed by atoms with E-state index in [2.05, 4.69) is 15.3 Å². The van der Waals surface area contributed by atoms with Gasteiger partial charge >= 0.3 is 0 Å². The van der Waals surface area contributed by atoms with Crippen molar-refractivity contribution < 1.29 is 9.59 Å². The van der Waals surface area contributed by atoms with Gasteiger partial charge in [-0.15, -0.1) is 0 Å². The van der Waals surface area contributed by atoms with Gasteiger partial charge in [0.1, 0.15) is 28.6 Å². The molecule has 0 unspecified atom stereocenters. The Bertz CT molecular complexity index is 1320. The second-order valence-corrected chi connectivity index (χ2v) is 8.11. The molecule has 8 nitrogen and oxygen atoms in total. The normalized spacial score (nSPS) is 22.3. The molecule has 2 atom stereocenters. The number of nitrogens with zero attached hydrogens (tertiary/aromatic N) is 5. The molecule has 2 aliphatic rings. The highest BCUT2D eigenvalue weighted by Gasteiger charge is 2.60. The number of hydrogen-bond acceptors (Lipinski definition) is 4. The van der Waals surface area contributed by atoms with Gasteiger partial charge in [0.05, 0.1) is 0 Å². The van der Waals surface area contributed by atoms with E-state index in [9.17, 15) is 9.59 Å². The Morgan fingerprint density at radius 3 is 2.81 bits per heavy atom. The summed E-state index contributed by atoms with van der Waals surface area (Å²) in [5.41, 5.74) is 1.89. The highest BCUT2D eigenvalue weighted by molar-refractivity contribution is 6.08. The summed E-state index contributed by atoms with van der Waals surface area (Å²) in [7, 11) is 1.89. The molecule has 5 heterocycles. The summed E-state index contributed by atoms with van der Waals surface area (Å²) in [5.74, 6) is 0.388. The van der Waals surface area contributed by atoms with E-state index in [1.165, 1.54) is 0 Å². The number of rotatable bonds is 2. The van der Waals surface area contributed by atoms with E-state index in [0.717, 1.165) is 11.3 Å². The Morgan fingerprint density at radius 1 is 1.16 bits per heavy atom. The SMILES string of the molecule is Cn1ccnc1[C@@H]1N(C(=O)c2cn3ccccc3n2)CC[C@]12C(=O)Nc1ccccc12. The van der Waals surface area contributed by atoms with E-state index >= 15 is 0 Å². The molecule has 0 aliphatic carbocycles. The number of carbonyl (C=O) groups is 2. The molecular weight excluding hydrogens is 392 g/mol. The first-order chi connectivity index (χ1) is 15.1. The van der Waals surface area contributed by atoms with Gasteiger partial charge in [0.25, 0.3) is 5.91 Å². The summed E-state index contributed by atoms with van der Waals surface area (Å²) in [4.78, 5) is 37.9. The first kappa shape index (κ1) is 17.9. The minimum atomic E-state index is -0.884. The summed E-state index contributed by atoms with van der Waals surface area (Å²) in [5, 5.41) is 3.03. The van der Waals surface area contributed by atoms with Gasteiger partial charge in [0, 0.05) is 44.1 Å². The van der Waals surface area contributed by atoms with Gasteiger partial charge in [0.15, 0.2) is 0 Å². The van der Waals surface area contributed by atoms with Crippen LogP contribution in [0.25, 0.3) is 5.65 Å². The van der Waals surface area contributed by atoms with Crippen LogP contribution in [0.15, 0.2) is 67.3 Å². The lowest BCUT2D eigenvalue weighted by Gasteiger charge is -2.33. The number of para-hydroxylation sites is 1. The fraction of sp³-hybridized carbons (Fsp3) is 0.217. The van der Waals surface area contributed by atoms with Gasteiger partial charge in [-0.3, -0.25) is 9.59 Å². The van der Waals surface area contributed by atoms with Crippen molar-refractivity contribution in [3.63, 3.8) is 0 Å². The van der Waals surface area contributed by atoms with Crippen molar-refractivity contribution in [3.05, 3.63) is 84.3 Å². The number of carbonyl (C=O) groups excluding carboxylic acids is 2.